The fourth-order valence-electron chi connectivity index (χ4n) is 3.70. The van der Waals surface area contributed by atoms with Crippen LogP contribution >= 0.6 is 0 Å². The highest BCUT2D eigenvalue weighted by Gasteiger charge is 2.24. The lowest BCUT2D eigenvalue weighted by atomic mass is 10.0. The van der Waals surface area contributed by atoms with Gasteiger partial charge in [0.15, 0.2) is 11.5 Å². The van der Waals surface area contributed by atoms with Crippen LogP contribution in [0.3, 0.4) is 0 Å². The Balaban J connectivity index is 1.79. The first-order valence-electron chi connectivity index (χ1n) is 9.58. The molecule has 0 bridgehead atoms. The molecule has 1 aromatic heterocycles. The summed E-state index contributed by atoms with van der Waals surface area (Å²) >= 11 is 0. The first-order valence-corrected chi connectivity index (χ1v) is 9.58. The van der Waals surface area contributed by atoms with E-state index < -0.39 is 0 Å². The summed E-state index contributed by atoms with van der Waals surface area (Å²) in [4.78, 5) is 0. The second kappa shape index (κ2) is 7.79. The van der Waals surface area contributed by atoms with Crippen molar-refractivity contribution in [2.45, 2.75) is 26.4 Å². The molecule has 0 aliphatic carbocycles. The Labute approximate surface area is 165 Å². The van der Waals surface area contributed by atoms with Gasteiger partial charge in [0.25, 0.3) is 0 Å². The normalized spacial score (nSPS) is 15.1. The number of hydrogen-bond acceptors (Lipinski definition) is 4. The van der Waals surface area contributed by atoms with Crippen molar-refractivity contribution in [2.75, 3.05) is 13.2 Å². The maximum absolute atomic E-state index is 9.07. The average molecular weight is 373 g/mol. The van der Waals surface area contributed by atoms with Gasteiger partial charge in [-0.1, -0.05) is 12.1 Å². The van der Waals surface area contributed by atoms with Crippen molar-refractivity contribution in [1.82, 2.24) is 9.88 Å². The van der Waals surface area contributed by atoms with Gasteiger partial charge < -0.3 is 19.4 Å². The van der Waals surface area contributed by atoms with Gasteiger partial charge in [0, 0.05) is 24.5 Å². The summed E-state index contributed by atoms with van der Waals surface area (Å²) in [6.45, 7) is 5.84. The molecule has 4 rings (SSSR count). The van der Waals surface area contributed by atoms with Crippen molar-refractivity contribution in [1.29, 1.82) is 5.26 Å². The van der Waals surface area contributed by atoms with E-state index >= 15 is 0 Å². The minimum Gasteiger partial charge on any atom is -0.490 e. The van der Waals surface area contributed by atoms with E-state index in [0.717, 1.165) is 34.0 Å². The van der Waals surface area contributed by atoms with Crippen LogP contribution in [0.15, 0.2) is 54.7 Å². The number of nitrogens with zero attached hydrogens (tertiary/aromatic N) is 2. The van der Waals surface area contributed by atoms with Gasteiger partial charge in [-0.3, -0.25) is 0 Å². The third kappa shape index (κ3) is 3.23. The number of rotatable bonds is 5. The minimum atomic E-state index is 0.0289. The number of hydrogen-bond donors (Lipinski definition) is 1. The van der Waals surface area contributed by atoms with E-state index in [1.165, 1.54) is 0 Å². The molecule has 0 saturated heterocycles. The van der Waals surface area contributed by atoms with Gasteiger partial charge in [-0.05, 0) is 55.3 Å². The van der Waals surface area contributed by atoms with E-state index in [1.54, 1.807) is 0 Å². The fraction of sp³-hybridized carbons (Fsp3) is 0.261. The maximum Gasteiger partial charge on any atom is 0.163 e. The van der Waals surface area contributed by atoms with Crippen LogP contribution < -0.4 is 14.8 Å². The van der Waals surface area contributed by atoms with Gasteiger partial charge in [-0.25, -0.2) is 0 Å². The van der Waals surface area contributed by atoms with Crippen LogP contribution in [0.25, 0.3) is 5.69 Å². The van der Waals surface area contributed by atoms with E-state index in [1.807, 2.05) is 38.1 Å². The molecule has 2 aromatic carbocycles. The van der Waals surface area contributed by atoms with Crippen molar-refractivity contribution in [3.05, 3.63) is 77.1 Å². The Morgan fingerprint density at radius 3 is 2.46 bits per heavy atom. The third-order valence-corrected chi connectivity index (χ3v) is 4.95. The number of nitrogens with one attached hydrogen (secondary N) is 1. The minimum absolute atomic E-state index is 0.0289. The predicted octanol–water partition coefficient (Wildman–Crippen LogP) is 4.34. The Kier molecular flexibility index (Phi) is 5.05. The second-order valence-electron chi connectivity index (χ2n) is 6.64. The van der Waals surface area contributed by atoms with Gasteiger partial charge >= 0.3 is 0 Å². The summed E-state index contributed by atoms with van der Waals surface area (Å²) in [6, 6.07) is 18.3. The molecule has 0 saturated carbocycles. The first kappa shape index (κ1) is 18.1. The molecule has 0 fully saturated rings. The highest BCUT2D eigenvalue weighted by Crippen LogP contribution is 2.37. The van der Waals surface area contributed by atoms with E-state index in [2.05, 4.69) is 46.4 Å². The van der Waals surface area contributed by atoms with Crippen molar-refractivity contribution in [3.8, 4) is 23.3 Å². The molecule has 142 valence electrons. The molecule has 1 aliphatic rings. The van der Waals surface area contributed by atoms with Crippen LogP contribution in [0.1, 0.15) is 42.3 Å². The van der Waals surface area contributed by atoms with Gasteiger partial charge in [-0.15, -0.1) is 0 Å². The number of fused-ring (bicyclic) bond motifs is 3. The molecule has 1 aliphatic heterocycles. The lowest BCUT2D eigenvalue weighted by molar-refractivity contribution is 0.287. The van der Waals surface area contributed by atoms with Gasteiger partial charge in [0.1, 0.15) is 0 Å². The summed E-state index contributed by atoms with van der Waals surface area (Å²) < 4.78 is 13.9. The number of ether oxygens (including phenoxy) is 2. The number of nitriles is 1. The lowest BCUT2D eigenvalue weighted by Gasteiger charge is -2.18. The van der Waals surface area contributed by atoms with Crippen LogP contribution in [-0.4, -0.2) is 17.8 Å². The monoisotopic (exact) mass is 373 g/mol. The van der Waals surface area contributed by atoms with Crippen molar-refractivity contribution < 1.29 is 9.47 Å². The van der Waals surface area contributed by atoms with E-state index in [0.29, 0.717) is 25.3 Å². The van der Waals surface area contributed by atoms with Crippen molar-refractivity contribution >= 4 is 0 Å². The van der Waals surface area contributed by atoms with E-state index in [4.69, 9.17) is 14.7 Å². The molecule has 0 unspecified atom stereocenters. The lowest BCUT2D eigenvalue weighted by Crippen LogP contribution is -2.21. The Morgan fingerprint density at radius 2 is 1.79 bits per heavy atom. The van der Waals surface area contributed by atoms with Gasteiger partial charge in [0.2, 0.25) is 0 Å². The highest BCUT2D eigenvalue weighted by molar-refractivity contribution is 5.56. The second-order valence-corrected chi connectivity index (χ2v) is 6.64. The third-order valence-electron chi connectivity index (χ3n) is 4.95. The van der Waals surface area contributed by atoms with E-state index in [-0.39, 0.29) is 6.04 Å². The molecule has 28 heavy (non-hydrogen) atoms. The molecule has 2 heterocycles. The SMILES string of the molecule is CCOc1cc2c(cc1OCC)-n1cccc1[C@@H](c1ccc(C#N)cc1)NC2. The fourth-order valence-corrected chi connectivity index (χ4v) is 3.70. The van der Waals surface area contributed by atoms with Gasteiger partial charge in [0.05, 0.1) is 36.6 Å². The highest BCUT2D eigenvalue weighted by atomic mass is 16.5. The first-order chi connectivity index (χ1) is 13.7. The zero-order valence-corrected chi connectivity index (χ0v) is 16.1. The van der Waals surface area contributed by atoms with Crippen LogP contribution in [0, 0.1) is 11.3 Å². The number of benzene rings is 2. The van der Waals surface area contributed by atoms with Crippen LogP contribution in [0.2, 0.25) is 0 Å². The average Bonchev–Trinajstić information content (AvgIpc) is 3.14. The Morgan fingerprint density at radius 1 is 1.07 bits per heavy atom. The summed E-state index contributed by atoms with van der Waals surface area (Å²) in [6.07, 6.45) is 2.08. The van der Waals surface area contributed by atoms with E-state index in [9.17, 15) is 0 Å². The zero-order chi connectivity index (χ0) is 19.5. The zero-order valence-electron chi connectivity index (χ0n) is 16.1. The van der Waals surface area contributed by atoms with Crippen LogP contribution in [0.5, 0.6) is 11.5 Å². The molecular formula is C23H23N3O2. The molecular weight excluding hydrogens is 350 g/mol. The standard InChI is InChI=1S/C23H23N3O2/c1-3-27-21-12-18-15-25-23(17-9-7-16(14-24)8-10-17)19-6-5-11-26(19)20(18)13-22(21)28-4-2/h5-13,23,25H,3-4,15H2,1-2H3/t23-/m1/s1. The molecule has 5 heteroatoms. The Bertz CT molecular complexity index is 1020. The maximum atomic E-state index is 9.07. The molecule has 0 spiro atoms. The molecule has 1 atom stereocenters. The quantitative estimate of drug-likeness (QED) is 0.723. The van der Waals surface area contributed by atoms with Crippen LogP contribution in [-0.2, 0) is 6.54 Å². The smallest absolute Gasteiger partial charge is 0.163 e. The molecule has 3 aromatic rings. The summed E-state index contributed by atoms with van der Waals surface area (Å²) in [5.74, 6) is 1.54. The van der Waals surface area contributed by atoms with Crippen molar-refractivity contribution in [3.63, 3.8) is 0 Å². The van der Waals surface area contributed by atoms with Crippen LogP contribution in [0.4, 0.5) is 0 Å². The topological polar surface area (TPSA) is 59.2 Å². The molecule has 5 nitrogen and oxygen atoms in total. The van der Waals surface area contributed by atoms with Crippen molar-refractivity contribution in [2.24, 2.45) is 0 Å². The summed E-state index contributed by atoms with van der Waals surface area (Å²) in [5, 5.41) is 12.7. The van der Waals surface area contributed by atoms with Gasteiger partial charge in [-0.2, -0.15) is 5.26 Å². The molecule has 1 N–H and O–H groups in total. The molecule has 0 radical (unpaired) electrons. The molecule has 0 amide bonds. The summed E-state index contributed by atoms with van der Waals surface area (Å²) in [5.41, 5.74) is 5.19. The Hall–Kier alpha value is -3.23. The predicted molar refractivity (Wildman–Crippen MR) is 108 cm³/mol. The largest absolute Gasteiger partial charge is 0.490 e. The summed E-state index contributed by atoms with van der Waals surface area (Å²) in [7, 11) is 0. The number of aromatic nitrogens is 1.